The van der Waals surface area contributed by atoms with Gasteiger partial charge in [0.2, 0.25) is 0 Å². The van der Waals surface area contributed by atoms with E-state index in [9.17, 15) is 0 Å². The molecule has 0 spiro atoms. The molecule has 1 rings (SSSR count). The molecule has 1 aliphatic rings. The molecule has 2 atom stereocenters. The highest BCUT2D eigenvalue weighted by Crippen LogP contribution is 2.39. The van der Waals surface area contributed by atoms with E-state index in [2.05, 4.69) is 32.2 Å². The van der Waals surface area contributed by atoms with Crippen LogP contribution in [0.2, 0.25) is 24.3 Å². The molecule has 0 aromatic heterocycles. The van der Waals surface area contributed by atoms with Crippen molar-refractivity contribution in [2.45, 2.75) is 50.5 Å². The van der Waals surface area contributed by atoms with Crippen molar-refractivity contribution in [3.05, 3.63) is 12.2 Å². The van der Waals surface area contributed by atoms with E-state index in [1.54, 1.807) is 0 Å². The van der Waals surface area contributed by atoms with E-state index in [0.717, 1.165) is 25.1 Å². The lowest BCUT2D eigenvalue weighted by molar-refractivity contribution is 0.196. The highest BCUT2D eigenvalue weighted by molar-refractivity contribution is 6.88. The second kappa shape index (κ2) is 7.00. The second-order valence-corrected chi connectivity index (χ2v) is 14.0. The van der Waals surface area contributed by atoms with E-state index in [-0.39, 0.29) is 0 Å². The summed E-state index contributed by atoms with van der Waals surface area (Å²) >= 11 is 0. The lowest BCUT2D eigenvalue weighted by Gasteiger charge is -2.40. The fourth-order valence-corrected chi connectivity index (χ4v) is 12.5. The van der Waals surface area contributed by atoms with Crippen molar-refractivity contribution in [3.63, 3.8) is 0 Å². The summed E-state index contributed by atoms with van der Waals surface area (Å²) in [5, 5.41) is 0. The van der Waals surface area contributed by atoms with E-state index < -0.39 is 16.9 Å². The van der Waals surface area contributed by atoms with Gasteiger partial charge < -0.3 is 13.3 Å². The maximum absolute atomic E-state index is 6.19. The Labute approximate surface area is 114 Å². The number of hydrogen-bond donors (Lipinski definition) is 0. The third-order valence-electron chi connectivity index (χ3n) is 3.85. The van der Waals surface area contributed by atoms with Crippen LogP contribution in [0, 0.1) is 0 Å². The maximum Gasteiger partial charge on any atom is 0.340 e. The molecule has 5 heteroatoms. The Kier molecular flexibility index (Phi) is 6.27. The molecule has 3 nitrogen and oxygen atoms in total. The van der Waals surface area contributed by atoms with Gasteiger partial charge >= 0.3 is 8.56 Å². The van der Waals surface area contributed by atoms with E-state index in [1.807, 2.05) is 14.2 Å². The fraction of sp³-hybridized carbons (Fsp3) is 0.846. The molecule has 0 heterocycles. The van der Waals surface area contributed by atoms with E-state index >= 15 is 0 Å². The Morgan fingerprint density at radius 3 is 2.33 bits per heavy atom. The Balaban J connectivity index is 2.88. The molecule has 0 radical (unpaired) electrons. The molecule has 2 unspecified atom stereocenters. The van der Waals surface area contributed by atoms with Crippen LogP contribution in [0.4, 0.5) is 0 Å². The Morgan fingerprint density at radius 1 is 1.17 bits per heavy atom. The smallest absolute Gasteiger partial charge is 0.340 e. The van der Waals surface area contributed by atoms with Crippen LogP contribution >= 0.6 is 0 Å². The zero-order chi connectivity index (χ0) is 13.6. The summed E-state index contributed by atoms with van der Waals surface area (Å²) < 4.78 is 17.9. The minimum atomic E-state index is -2.14. The lowest BCUT2D eigenvalue weighted by atomic mass is 10.1. The first-order chi connectivity index (χ1) is 8.49. The maximum atomic E-state index is 6.19. The third-order valence-corrected chi connectivity index (χ3v) is 13.6. The number of allylic oxidation sites excluding steroid dienone is 2. The van der Waals surface area contributed by atoms with Gasteiger partial charge in [0.05, 0.1) is 0 Å². The summed E-state index contributed by atoms with van der Waals surface area (Å²) in [6.45, 7) is 7.33. The average molecular weight is 289 g/mol. The summed E-state index contributed by atoms with van der Waals surface area (Å²) in [7, 11) is -0.146. The minimum Gasteiger partial charge on any atom is -0.421 e. The van der Waals surface area contributed by atoms with Gasteiger partial charge in [-0.1, -0.05) is 12.2 Å². The quantitative estimate of drug-likeness (QED) is 0.529. The van der Waals surface area contributed by atoms with Crippen molar-refractivity contribution < 1.29 is 13.3 Å². The molecule has 0 bridgehead atoms. The van der Waals surface area contributed by atoms with Crippen LogP contribution in [0.25, 0.3) is 0 Å². The molecule has 0 aromatic carbocycles. The summed E-state index contributed by atoms with van der Waals surface area (Å²) in [6, 6.07) is 0. The normalized spacial score (nSPS) is 23.9. The molecular formula is C13H28O3Si2. The monoisotopic (exact) mass is 288 g/mol. The molecule has 106 valence electrons. The Bertz CT molecular complexity index is 281. The van der Waals surface area contributed by atoms with Gasteiger partial charge in [0, 0.05) is 32.0 Å². The van der Waals surface area contributed by atoms with Crippen LogP contribution in [-0.4, -0.2) is 37.7 Å². The van der Waals surface area contributed by atoms with Crippen LogP contribution in [0.5, 0.6) is 0 Å². The van der Waals surface area contributed by atoms with Crippen molar-refractivity contribution in [2.75, 3.05) is 20.8 Å². The van der Waals surface area contributed by atoms with E-state index in [0.29, 0.717) is 5.54 Å². The van der Waals surface area contributed by atoms with Crippen molar-refractivity contribution in [3.8, 4) is 0 Å². The molecule has 0 aliphatic heterocycles. The first-order valence-corrected chi connectivity index (χ1v) is 12.1. The minimum absolute atomic E-state index is 0.578. The van der Waals surface area contributed by atoms with Gasteiger partial charge in [-0.2, -0.15) is 0 Å². The van der Waals surface area contributed by atoms with Crippen LogP contribution in [0.1, 0.15) is 26.2 Å². The molecule has 0 saturated heterocycles. The van der Waals surface area contributed by atoms with Gasteiger partial charge in [-0.25, -0.2) is 0 Å². The lowest BCUT2D eigenvalue weighted by Crippen LogP contribution is -2.53. The van der Waals surface area contributed by atoms with E-state index in [4.69, 9.17) is 13.3 Å². The fourth-order valence-electron chi connectivity index (χ4n) is 2.71. The van der Waals surface area contributed by atoms with Crippen molar-refractivity contribution in [2.24, 2.45) is 0 Å². The zero-order valence-electron chi connectivity index (χ0n) is 12.5. The van der Waals surface area contributed by atoms with Gasteiger partial charge in [0.1, 0.15) is 0 Å². The predicted octanol–water partition coefficient (Wildman–Crippen LogP) is 3.61. The Morgan fingerprint density at radius 2 is 1.89 bits per heavy atom. The molecular weight excluding hydrogens is 260 g/mol. The van der Waals surface area contributed by atoms with Gasteiger partial charge in [-0.05, 0) is 39.3 Å². The molecule has 0 amide bonds. The first-order valence-electron chi connectivity index (χ1n) is 6.89. The van der Waals surface area contributed by atoms with Crippen molar-refractivity contribution >= 4 is 16.9 Å². The first kappa shape index (κ1) is 16.1. The SMILES string of the molecule is CCO[Si](C[Si](C)(C)OC)(OC)C1CC=CCC1. The largest absolute Gasteiger partial charge is 0.421 e. The predicted molar refractivity (Wildman–Crippen MR) is 80.4 cm³/mol. The van der Waals surface area contributed by atoms with Gasteiger partial charge in [-0.15, -0.1) is 0 Å². The van der Waals surface area contributed by atoms with Crippen LogP contribution < -0.4 is 0 Å². The summed E-state index contributed by atoms with van der Waals surface area (Å²) in [5.41, 5.74) is 1.61. The van der Waals surface area contributed by atoms with E-state index in [1.165, 1.54) is 6.42 Å². The summed E-state index contributed by atoms with van der Waals surface area (Å²) in [6.07, 6.45) is 8.02. The Hall–Kier alpha value is 0.0538. The average Bonchev–Trinajstić information content (AvgIpc) is 2.39. The topological polar surface area (TPSA) is 27.7 Å². The molecule has 18 heavy (non-hydrogen) atoms. The second-order valence-electron chi connectivity index (χ2n) is 5.57. The molecule has 0 N–H and O–H groups in total. The summed E-state index contributed by atoms with van der Waals surface area (Å²) in [5.74, 6) is 0. The molecule has 1 aliphatic carbocycles. The third kappa shape index (κ3) is 4.03. The van der Waals surface area contributed by atoms with Crippen molar-refractivity contribution in [1.29, 1.82) is 0 Å². The number of hydrogen-bond acceptors (Lipinski definition) is 3. The summed E-state index contributed by atoms with van der Waals surface area (Å²) in [4.78, 5) is 0. The van der Waals surface area contributed by atoms with Crippen LogP contribution in [0.3, 0.4) is 0 Å². The van der Waals surface area contributed by atoms with Crippen LogP contribution in [0.15, 0.2) is 12.2 Å². The standard InChI is InChI=1S/C13H28O3Si2/c1-6-16-18(15-3,12-17(4,5)14-2)13-10-8-7-9-11-13/h7-8,13H,6,9-12H2,1-5H3. The molecule has 0 saturated carbocycles. The highest BCUT2D eigenvalue weighted by Gasteiger charge is 2.49. The van der Waals surface area contributed by atoms with Gasteiger partial charge in [-0.3, -0.25) is 0 Å². The highest BCUT2D eigenvalue weighted by atomic mass is 28.4. The van der Waals surface area contributed by atoms with Gasteiger partial charge in [0.15, 0.2) is 8.32 Å². The van der Waals surface area contributed by atoms with Crippen LogP contribution in [-0.2, 0) is 13.3 Å². The molecule has 0 fully saturated rings. The molecule has 0 aromatic rings. The zero-order valence-corrected chi connectivity index (χ0v) is 14.5. The van der Waals surface area contributed by atoms with Gasteiger partial charge in [0.25, 0.3) is 0 Å². The van der Waals surface area contributed by atoms with Crippen molar-refractivity contribution in [1.82, 2.24) is 0 Å². The number of rotatable bonds is 7.